The fraction of sp³-hybridized carbons (Fsp3) is 0.211. The summed E-state index contributed by atoms with van der Waals surface area (Å²) in [5.74, 6) is -1.86. The Balaban J connectivity index is 1.80. The largest absolute Gasteiger partial charge is 0.428 e. The average Bonchev–Trinajstić information content (AvgIpc) is 3.03. The van der Waals surface area contributed by atoms with Crippen LogP contribution in [0.15, 0.2) is 36.4 Å². The molecule has 1 N–H and O–H groups in total. The first-order valence-corrected chi connectivity index (χ1v) is 7.73. The smallest absolute Gasteiger partial charge is 0.346 e. The fourth-order valence-corrected chi connectivity index (χ4v) is 3.21. The second kappa shape index (κ2) is 5.00. The maximum atomic E-state index is 11.8. The third-order valence-corrected chi connectivity index (χ3v) is 4.85. The highest BCUT2D eigenvalue weighted by Gasteiger charge is 2.35. The zero-order chi connectivity index (χ0) is 17.9. The van der Waals surface area contributed by atoms with Gasteiger partial charge >= 0.3 is 17.9 Å². The van der Waals surface area contributed by atoms with Crippen LogP contribution in [0.1, 0.15) is 67.9 Å². The zero-order valence-corrected chi connectivity index (χ0v) is 13.5. The highest BCUT2D eigenvalue weighted by molar-refractivity contribution is 6.14. The number of fused-ring (bicyclic) bond motifs is 2. The lowest BCUT2D eigenvalue weighted by molar-refractivity contribution is -0.0547. The Morgan fingerprint density at radius 3 is 2.16 bits per heavy atom. The van der Waals surface area contributed by atoms with Gasteiger partial charge in [-0.2, -0.15) is 0 Å². The first kappa shape index (κ1) is 15.5. The highest BCUT2D eigenvalue weighted by atomic mass is 16.6. The number of aliphatic hydroxyl groups is 1. The van der Waals surface area contributed by atoms with E-state index in [4.69, 9.17) is 4.74 Å². The van der Waals surface area contributed by atoms with E-state index in [-0.39, 0.29) is 11.1 Å². The summed E-state index contributed by atoms with van der Waals surface area (Å²) >= 11 is 0. The van der Waals surface area contributed by atoms with Crippen molar-refractivity contribution >= 4 is 17.9 Å². The van der Waals surface area contributed by atoms with Gasteiger partial charge in [0, 0.05) is 11.0 Å². The van der Waals surface area contributed by atoms with Gasteiger partial charge in [0.1, 0.15) is 0 Å². The number of rotatable bonds is 2. The van der Waals surface area contributed by atoms with Gasteiger partial charge in [-0.15, -0.1) is 0 Å². The summed E-state index contributed by atoms with van der Waals surface area (Å²) in [5.41, 5.74) is 2.32. The Kier molecular flexibility index (Phi) is 3.11. The zero-order valence-electron chi connectivity index (χ0n) is 13.5. The molecule has 0 saturated heterocycles. The molecule has 0 bridgehead atoms. The first-order valence-electron chi connectivity index (χ1n) is 7.73. The molecule has 0 fully saturated rings. The van der Waals surface area contributed by atoms with Gasteiger partial charge in [0.05, 0.1) is 16.7 Å². The van der Waals surface area contributed by atoms with Crippen molar-refractivity contribution in [2.75, 3.05) is 0 Å². The van der Waals surface area contributed by atoms with E-state index in [1.807, 2.05) is 13.8 Å². The maximum Gasteiger partial charge on any atom is 0.346 e. The SMILES string of the molecule is CC(C)(c1ccc2c(c1)C(=O)OC2=O)c1ccc2c(c1)C(=O)OC2O. The minimum atomic E-state index is -1.24. The molecule has 2 aromatic carbocycles. The molecule has 6 nitrogen and oxygen atoms in total. The maximum absolute atomic E-state index is 11.8. The number of hydrogen-bond acceptors (Lipinski definition) is 6. The molecule has 0 spiro atoms. The van der Waals surface area contributed by atoms with Crippen LogP contribution in [0, 0.1) is 0 Å². The molecule has 0 aromatic heterocycles. The van der Waals surface area contributed by atoms with Crippen LogP contribution >= 0.6 is 0 Å². The van der Waals surface area contributed by atoms with Crippen LogP contribution in [0.25, 0.3) is 0 Å². The number of cyclic esters (lactones) is 3. The van der Waals surface area contributed by atoms with E-state index in [1.54, 1.807) is 36.4 Å². The summed E-state index contributed by atoms with van der Waals surface area (Å²) in [5, 5.41) is 9.70. The number of aliphatic hydroxyl groups excluding tert-OH is 1. The van der Waals surface area contributed by atoms with Crippen molar-refractivity contribution in [1.82, 2.24) is 0 Å². The van der Waals surface area contributed by atoms with Crippen LogP contribution in [0.5, 0.6) is 0 Å². The highest BCUT2D eigenvalue weighted by Crippen LogP contribution is 2.37. The van der Waals surface area contributed by atoms with Gasteiger partial charge in [0.2, 0.25) is 6.29 Å². The summed E-state index contributed by atoms with van der Waals surface area (Å²) < 4.78 is 9.43. The number of carbonyl (C=O) groups excluding carboxylic acids is 3. The van der Waals surface area contributed by atoms with E-state index in [2.05, 4.69) is 4.74 Å². The van der Waals surface area contributed by atoms with Crippen LogP contribution in [-0.2, 0) is 14.9 Å². The predicted octanol–water partition coefficient (Wildman–Crippen LogP) is 2.48. The number of carbonyl (C=O) groups is 3. The lowest BCUT2D eigenvalue weighted by atomic mass is 9.76. The minimum Gasteiger partial charge on any atom is -0.428 e. The Morgan fingerprint density at radius 1 is 0.840 bits per heavy atom. The fourth-order valence-electron chi connectivity index (χ4n) is 3.21. The third-order valence-electron chi connectivity index (χ3n) is 4.85. The van der Waals surface area contributed by atoms with Gasteiger partial charge in [-0.05, 0) is 29.3 Å². The molecule has 126 valence electrons. The molecule has 2 heterocycles. The molecule has 0 radical (unpaired) electrons. The third kappa shape index (κ3) is 2.18. The van der Waals surface area contributed by atoms with E-state index < -0.39 is 29.6 Å². The Morgan fingerprint density at radius 2 is 1.44 bits per heavy atom. The Bertz CT molecular complexity index is 956. The Hall–Kier alpha value is -2.99. The van der Waals surface area contributed by atoms with Crippen molar-refractivity contribution < 1.29 is 29.0 Å². The molecule has 4 rings (SSSR count). The van der Waals surface area contributed by atoms with Gasteiger partial charge in [0.15, 0.2) is 0 Å². The first-order chi connectivity index (χ1) is 11.8. The van der Waals surface area contributed by atoms with Crippen molar-refractivity contribution in [2.24, 2.45) is 0 Å². The van der Waals surface area contributed by atoms with E-state index >= 15 is 0 Å². The lowest BCUT2D eigenvalue weighted by Crippen LogP contribution is -2.20. The van der Waals surface area contributed by atoms with Gasteiger partial charge in [-0.3, -0.25) is 0 Å². The normalized spacial score (nSPS) is 18.7. The molecule has 25 heavy (non-hydrogen) atoms. The molecule has 0 amide bonds. The van der Waals surface area contributed by atoms with Crippen molar-refractivity contribution in [1.29, 1.82) is 0 Å². The molecule has 2 aromatic rings. The van der Waals surface area contributed by atoms with Gasteiger partial charge in [0.25, 0.3) is 0 Å². The quantitative estimate of drug-likeness (QED) is 0.668. The second-order valence-corrected chi connectivity index (χ2v) is 6.62. The lowest BCUT2D eigenvalue weighted by Gasteiger charge is -2.26. The summed E-state index contributed by atoms with van der Waals surface area (Å²) in [6.07, 6.45) is -1.24. The number of benzene rings is 2. The summed E-state index contributed by atoms with van der Waals surface area (Å²) in [4.78, 5) is 35.2. The van der Waals surface area contributed by atoms with Gasteiger partial charge in [-0.25, -0.2) is 14.4 Å². The number of ether oxygens (including phenoxy) is 2. The van der Waals surface area contributed by atoms with Crippen molar-refractivity contribution in [3.8, 4) is 0 Å². The monoisotopic (exact) mass is 338 g/mol. The van der Waals surface area contributed by atoms with E-state index in [9.17, 15) is 19.5 Å². The summed E-state index contributed by atoms with van der Waals surface area (Å²) in [7, 11) is 0. The van der Waals surface area contributed by atoms with Crippen LogP contribution in [0.2, 0.25) is 0 Å². The molecule has 0 aliphatic carbocycles. The van der Waals surface area contributed by atoms with Crippen LogP contribution in [0.4, 0.5) is 0 Å². The van der Waals surface area contributed by atoms with E-state index in [1.165, 1.54) is 0 Å². The van der Waals surface area contributed by atoms with Crippen molar-refractivity contribution in [3.63, 3.8) is 0 Å². The second-order valence-electron chi connectivity index (χ2n) is 6.62. The van der Waals surface area contributed by atoms with Crippen molar-refractivity contribution in [3.05, 3.63) is 69.8 Å². The van der Waals surface area contributed by atoms with E-state index in [0.29, 0.717) is 11.1 Å². The Labute approximate surface area is 143 Å². The topological polar surface area (TPSA) is 89.9 Å². The molecule has 1 atom stereocenters. The minimum absolute atomic E-state index is 0.242. The number of esters is 3. The summed E-state index contributed by atoms with van der Waals surface area (Å²) in [6.45, 7) is 3.88. The molecule has 2 aliphatic rings. The van der Waals surface area contributed by atoms with Gasteiger partial charge in [-0.1, -0.05) is 32.0 Å². The molecule has 1 unspecified atom stereocenters. The predicted molar refractivity (Wildman–Crippen MR) is 85.1 cm³/mol. The van der Waals surface area contributed by atoms with Crippen molar-refractivity contribution in [2.45, 2.75) is 25.6 Å². The number of hydrogen-bond donors (Lipinski definition) is 1. The molecular weight excluding hydrogens is 324 g/mol. The summed E-state index contributed by atoms with van der Waals surface area (Å²) in [6, 6.07) is 10.1. The molecule has 2 aliphatic heterocycles. The van der Waals surface area contributed by atoms with Crippen LogP contribution in [0.3, 0.4) is 0 Å². The van der Waals surface area contributed by atoms with Crippen LogP contribution < -0.4 is 0 Å². The molecular formula is C19H14O6. The molecule has 6 heteroatoms. The molecule has 0 saturated carbocycles. The van der Waals surface area contributed by atoms with Gasteiger partial charge < -0.3 is 14.6 Å². The van der Waals surface area contributed by atoms with E-state index in [0.717, 1.165) is 11.1 Å². The van der Waals surface area contributed by atoms with Crippen LogP contribution in [-0.4, -0.2) is 23.0 Å². The standard InChI is InChI=1S/C19H14O6/c1-19(2,9-3-5-11-13(7-9)17(22)24-15(11)20)10-4-6-12-14(8-10)18(23)25-16(12)21/h3-8,15,20H,1-2H3. The average molecular weight is 338 g/mol.